The summed E-state index contributed by atoms with van der Waals surface area (Å²) in [4.78, 5) is 7.28. The number of imidazole rings is 1. The molecule has 1 saturated carbocycles. The molecule has 1 unspecified atom stereocenters. The second kappa shape index (κ2) is 6.91. The second-order valence-electron chi connectivity index (χ2n) is 7.49. The Morgan fingerprint density at radius 2 is 2.04 bits per heavy atom. The molecule has 1 aromatic rings. The molecule has 0 spiro atoms. The van der Waals surface area contributed by atoms with E-state index in [0.29, 0.717) is 11.8 Å². The molecule has 4 rings (SSSR count). The first-order valence-corrected chi connectivity index (χ1v) is 9.21. The molecule has 128 valence electrons. The standard InChI is InChI=1S/C18H29N3O2/c1-20-13-19-17-10-21(16-3-2-4-16)9-15(18(17)20)12-23-11-14-5-7-22-8-6-14/h13-16H,2-12H2,1H3. The van der Waals surface area contributed by atoms with Crippen molar-refractivity contribution in [1.29, 1.82) is 0 Å². The van der Waals surface area contributed by atoms with Crippen LogP contribution in [-0.4, -0.2) is 53.5 Å². The number of fused-ring (bicyclic) bond motifs is 1. The third kappa shape index (κ3) is 3.32. The molecule has 5 heteroatoms. The van der Waals surface area contributed by atoms with Crippen LogP contribution in [0.3, 0.4) is 0 Å². The maximum absolute atomic E-state index is 6.15. The van der Waals surface area contributed by atoms with Crippen molar-refractivity contribution in [3.63, 3.8) is 0 Å². The molecule has 0 radical (unpaired) electrons. The number of rotatable bonds is 5. The van der Waals surface area contributed by atoms with Gasteiger partial charge in [0, 0.05) is 57.6 Å². The molecule has 0 amide bonds. The van der Waals surface area contributed by atoms with Crippen molar-refractivity contribution in [3.8, 4) is 0 Å². The minimum Gasteiger partial charge on any atom is -0.381 e. The van der Waals surface area contributed by atoms with Gasteiger partial charge in [0.15, 0.2) is 0 Å². The van der Waals surface area contributed by atoms with Crippen molar-refractivity contribution in [1.82, 2.24) is 14.5 Å². The molecule has 3 aliphatic rings. The Balaban J connectivity index is 1.38. The lowest BCUT2D eigenvalue weighted by molar-refractivity contribution is 0.00856. The van der Waals surface area contributed by atoms with Crippen LogP contribution in [0.4, 0.5) is 0 Å². The van der Waals surface area contributed by atoms with Crippen molar-refractivity contribution >= 4 is 0 Å². The molecule has 2 fully saturated rings. The van der Waals surface area contributed by atoms with Gasteiger partial charge in [0.1, 0.15) is 0 Å². The summed E-state index contributed by atoms with van der Waals surface area (Å²) in [7, 11) is 2.12. The molecule has 0 N–H and O–H groups in total. The molecule has 0 aromatic carbocycles. The van der Waals surface area contributed by atoms with Gasteiger partial charge in [-0.25, -0.2) is 4.98 Å². The highest BCUT2D eigenvalue weighted by Crippen LogP contribution is 2.34. The lowest BCUT2D eigenvalue weighted by Gasteiger charge is -2.42. The van der Waals surface area contributed by atoms with E-state index in [2.05, 4.69) is 21.5 Å². The fourth-order valence-corrected chi connectivity index (χ4v) is 4.21. The Labute approximate surface area is 139 Å². The molecule has 23 heavy (non-hydrogen) atoms. The van der Waals surface area contributed by atoms with Gasteiger partial charge >= 0.3 is 0 Å². The van der Waals surface area contributed by atoms with Crippen molar-refractivity contribution in [2.45, 2.75) is 50.6 Å². The van der Waals surface area contributed by atoms with Crippen LogP contribution in [0.25, 0.3) is 0 Å². The van der Waals surface area contributed by atoms with Gasteiger partial charge in [0.25, 0.3) is 0 Å². The number of hydrogen-bond acceptors (Lipinski definition) is 4. The van der Waals surface area contributed by atoms with E-state index in [9.17, 15) is 0 Å². The van der Waals surface area contributed by atoms with Crippen LogP contribution in [0.15, 0.2) is 6.33 Å². The summed E-state index contributed by atoms with van der Waals surface area (Å²) in [6.45, 7) is 5.67. The van der Waals surface area contributed by atoms with Crippen molar-refractivity contribution < 1.29 is 9.47 Å². The van der Waals surface area contributed by atoms with E-state index in [-0.39, 0.29) is 0 Å². The first-order valence-electron chi connectivity index (χ1n) is 9.21. The van der Waals surface area contributed by atoms with E-state index in [1.165, 1.54) is 30.7 Å². The summed E-state index contributed by atoms with van der Waals surface area (Å²) in [5, 5.41) is 0. The number of hydrogen-bond donors (Lipinski definition) is 0. The molecule has 2 aliphatic heterocycles. The normalized spacial score (nSPS) is 26.9. The first-order chi connectivity index (χ1) is 11.3. The van der Waals surface area contributed by atoms with Crippen molar-refractivity contribution in [3.05, 3.63) is 17.7 Å². The Morgan fingerprint density at radius 1 is 1.22 bits per heavy atom. The topological polar surface area (TPSA) is 39.5 Å². The van der Waals surface area contributed by atoms with Gasteiger partial charge in [-0.1, -0.05) is 6.42 Å². The van der Waals surface area contributed by atoms with Crippen LogP contribution in [0.2, 0.25) is 0 Å². The Bertz CT molecular complexity index is 520. The average Bonchev–Trinajstić information content (AvgIpc) is 2.88. The van der Waals surface area contributed by atoms with E-state index in [0.717, 1.165) is 58.4 Å². The molecule has 1 atom stereocenters. The minimum absolute atomic E-state index is 0.465. The third-order valence-corrected chi connectivity index (χ3v) is 5.86. The molecule has 1 saturated heterocycles. The maximum atomic E-state index is 6.15. The zero-order chi connectivity index (χ0) is 15.6. The zero-order valence-corrected chi connectivity index (χ0v) is 14.2. The van der Waals surface area contributed by atoms with Crippen molar-refractivity contribution in [2.24, 2.45) is 13.0 Å². The van der Waals surface area contributed by atoms with Crippen LogP contribution >= 0.6 is 0 Å². The van der Waals surface area contributed by atoms with Gasteiger partial charge < -0.3 is 14.0 Å². The lowest BCUT2D eigenvalue weighted by Crippen LogP contribution is -2.45. The largest absolute Gasteiger partial charge is 0.381 e. The van der Waals surface area contributed by atoms with Crippen LogP contribution in [-0.2, 0) is 23.1 Å². The van der Waals surface area contributed by atoms with Crippen LogP contribution < -0.4 is 0 Å². The fraction of sp³-hybridized carbons (Fsp3) is 0.833. The highest BCUT2D eigenvalue weighted by molar-refractivity contribution is 5.22. The fourth-order valence-electron chi connectivity index (χ4n) is 4.21. The highest BCUT2D eigenvalue weighted by atomic mass is 16.5. The summed E-state index contributed by atoms with van der Waals surface area (Å²) in [5.74, 6) is 1.15. The number of aryl methyl sites for hydroxylation is 1. The van der Waals surface area contributed by atoms with Gasteiger partial charge in [-0.05, 0) is 31.6 Å². The number of ether oxygens (including phenoxy) is 2. The molecule has 1 aliphatic carbocycles. The molecule has 3 heterocycles. The summed E-state index contributed by atoms with van der Waals surface area (Å²) >= 11 is 0. The lowest BCUT2D eigenvalue weighted by atomic mass is 9.88. The number of aromatic nitrogens is 2. The molecule has 1 aromatic heterocycles. The zero-order valence-electron chi connectivity index (χ0n) is 14.2. The first kappa shape index (κ1) is 15.6. The SMILES string of the molecule is Cn1cnc2c1C(COCC1CCOCC1)CN(C1CCC1)C2. The molecule has 0 bridgehead atoms. The van der Waals surface area contributed by atoms with Crippen molar-refractivity contribution in [2.75, 3.05) is 33.0 Å². The monoisotopic (exact) mass is 319 g/mol. The predicted molar refractivity (Wildman–Crippen MR) is 88.4 cm³/mol. The Kier molecular flexibility index (Phi) is 4.69. The van der Waals surface area contributed by atoms with Gasteiger partial charge in [-0.15, -0.1) is 0 Å². The van der Waals surface area contributed by atoms with Crippen LogP contribution in [0.1, 0.15) is 49.4 Å². The van der Waals surface area contributed by atoms with Crippen LogP contribution in [0, 0.1) is 5.92 Å². The van der Waals surface area contributed by atoms with E-state index >= 15 is 0 Å². The van der Waals surface area contributed by atoms with Gasteiger partial charge in [0.05, 0.1) is 18.6 Å². The summed E-state index contributed by atoms with van der Waals surface area (Å²) < 4.78 is 13.8. The van der Waals surface area contributed by atoms with Gasteiger partial charge in [-0.3, -0.25) is 4.90 Å². The maximum Gasteiger partial charge on any atom is 0.0949 e. The highest BCUT2D eigenvalue weighted by Gasteiger charge is 2.34. The van der Waals surface area contributed by atoms with Gasteiger partial charge in [0.2, 0.25) is 0 Å². The van der Waals surface area contributed by atoms with E-state index in [4.69, 9.17) is 9.47 Å². The summed E-state index contributed by atoms with van der Waals surface area (Å²) in [6.07, 6.45) is 8.38. The Hall–Kier alpha value is -0.910. The van der Waals surface area contributed by atoms with E-state index < -0.39 is 0 Å². The van der Waals surface area contributed by atoms with E-state index in [1.54, 1.807) is 0 Å². The molecular formula is C18H29N3O2. The average molecular weight is 319 g/mol. The number of nitrogens with zero attached hydrogens (tertiary/aromatic N) is 3. The second-order valence-corrected chi connectivity index (χ2v) is 7.49. The minimum atomic E-state index is 0.465. The third-order valence-electron chi connectivity index (χ3n) is 5.86. The predicted octanol–water partition coefficient (Wildman–Crippen LogP) is 2.32. The van der Waals surface area contributed by atoms with Gasteiger partial charge in [-0.2, -0.15) is 0 Å². The molecular weight excluding hydrogens is 290 g/mol. The summed E-state index contributed by atoms with van der Waals surface area (Å²) in [6, 6.07) is 0.781. The van der Waals surface area contributed by atoms with E-state index in [1.807, 2.05) is 6.33 Å². The smallest absolute Gasteiger partial charge is 0.0949 e. The Morgan fingerprint density at radius 3 is 2.78 bits per heavy atom. The molecule has 5 nitrogen and oxygen atoms in total. The summed E-state index contributed by atoms with van der Waals surface area (Å²) in [5.41, 5.74) is 2.66. The van der Waals surface area contributed by atoms with Crippen LogP contribution in [0.5, 0.6) is 0 Å². The quantitative estimate of drug-likeness (QED) is 0.835.